The lowest BCUT2D eigenvalue weighted by Gasteiger charge is -2.21. The molecular formula is C15H25N3O2. The third kappa shape index (κ3) is 4.42. The van der Waals surface area contributed by atoms with Crippen LogP contribution in [0, 0.1) is 5.92 Å². The fourth-order valence-corrected chi connectivity index (χ4v) is 2.05. The quantitative estimate of drug-likeness (QED) is 0.694. The molecule has 0 radical (unpaired) electrons. The van der Waals surface area contributed by atoms with Crippen LogP contribution in [0.2, 0.25) is 0 Å². The minimum atomic E-state index is -0.0795. The van der Waals surface area contributed by atoms with E-state index in [1.54, 1.807) is 32.3 Å². The lowest BCUT2D eigenvalue weighted by Crippen LogP contribution is -2.26. The van der Waals surface area contributed by atoms with Crippen molar-refractivity contribution >= 4 is 17.3 Å². The smallest absolute Gasteiger partial charge is 0.253 e. The van der Waals surface area contributed by atoms with E-state index in [2.05, 4.69) is 19.2 Å². The number of nitrogens with one attached hydrogen (secondary N) is 1. The van der Waals surface area contributed by atoms with E-state index in [1.807, 2.05) is 0 Å². The van der Waals surface area contributed by atoms with Gasteiger partial charge in [-0.1, -0.05) is 13.8 Å². The Bertz CT molecular complexity index is 458. The van der Waals surface area contributed by atoms with Gasteiger partial charge in [-0.2, -0.15) is 0 Å². The number of amides is 1. The van der Waals surface area contributed by atoms with Gasteiger partial charge in [-0.3, -0.25) is 4.79 Å². The van der Waals surface area contributed by atoms with Crippen LogP contribution in [0.1, 0.15) is 30.6 Å². The highest BCUT2D eigenvalue weighted by Gasteiger charge is 2.13. The number of hydrogen-bond donors (Lipinski definition) is 3. The first kappa shape index (κ1) is 16.3. The molecule has 1 atom stereocenters. The summed E-state index contributed by atoms with van der Waals surface area (Å²) >= 11 is 0. The van der Waals surface area contributed by atoms with Crippen molar-refractivity contribution in [2.45, 2.75) is 26.3 Å². The Morgan fingerprint density at radius 1 is 1.40 bits per heavy atom. The van der Waals surface area contributed by atoms with Gasteiger partial charge >= 0.3 is 0 Å². The van der Waals surface area contributed by atoms with Gasteiger partial charge in [-0.15, -0.1) is 0 Å². The number of aliphatic hydroxyl groups excluding tert-OH is 1. The monoisotopic (exact) mass is 279 g/mol. The van der Waals surface area contributed by atoms with Crippen LogP contribution in [0.25, 0.3) is 0 Å². The molecule has 1 rings (SSSR count). The molecule has 1 aromatic carbocycles. The topological polar surface area (TPSA) is 78.6 Å². The van der Waals surface area contributed by atoms with Crippen LogP contribution in [-0.4, -0.2) is 42.7 Å². The molecule has 0 aliphatic rings. The summed E-state index contributed by atoms with van der Waals surface area (Å²) in [4.78, 5) is 13.4. The highest BCUT2D eigenvalue weighted by atomic mass is 16.3. The van der Waals surface area contributed by atoms with Crippen LogP contribution in [0.4, 0.5) is 11.4 Å². The van der Waals surface area contributed by atoms with E-state index in [-0.39, 0.29) is 18.6 Å². The summed E-state index contributed by atoms with van der Waals surface area (Å²) in [6.07, 6.45) is 0.855. The van der Waals surface area contributed by atoms with Gasteiger partial charge in [0.2, 0.25) is 0 Å². The van der Waals surface area contributed by atoms with Gasteiger partial charge in [-0.05, 0) is 30.5 Å². The van der Waals surface area contributed by atoms with Crippen molar-refractivity contribution in [1.29, 1.82) is 0 Å². The Morgan fingerprint density at radius 2 is 2.05 bits per heavy atom. The van der Waals surface area contributed by atoms with Crippen LogP contribution in [-0.2, 0) is 0 Å². The highest BCUT2D eigenvalue weighted by Crippen LogP contribution is 2.22. The fourth-order valence-electron chi connectivity index (χ4n) is 2.05. The lowest BCUT2D eigenvalue weighted by molar-refractivity contribution is 0.0827. The largest absolute Gasteiger partial charge is 0.397 e. The van der Waals surface area contributed by atoms with Crippen molar-refractivity contribution in [2.24, 2.45) is 5.92 Å². The number of nitrogens with zero attached hydrogens (tertiary/aromatic N) is 1. The molecule has 0 saturated carbocycles. The molecule has 20 heavy (non-hydrogen) atoms. The Hall–Kier alpha value is -1.75. The molecule has 112 valence electrons. The maximum absolute atomic E-state index is 11.8. The minimum Gasteiger partial charge on any atom is -0.397 e. The Labute approximate surface area is 120 Å². The van der Waals surface area contributed by atoms with Crippen molar-refractivity contribution in [1.82, 2.24) is 4.90 Å². The second-order valence-electron chi connectivity index (χ2n) is 5.65. The third-order valence-electron chi connectivity index (χ3n) is 3.04. The number of aliphatic hydroxyl groups is 1. The summed E-state index contributed by atoms with van der Waals surface area (Å²) in [5.74, 6) is 0.402. The van der Waals surface area contributed by atoms with Crippen molar-refractivity contribution in [3.05, 3.63) is 23.8 Å². The number of nitrogen functional groups attached to an aromatic ring is 1. The van der Waals surface area contributed by atoms with Crippen molar-refractivity contribution in [3.63, 3.8) is 0 Å². The standard InChI is InChI=1S/C15H25N3O2/c1-10(2)7-12(9-19)17-14-6-5-11(8-13(14)16)15(20)18(3)4/h5-6,8,10,12,17,19H,7,9,16H2,1-4H3. The number of anilines is 2. The van der Waals surface area contributed by atoms with E-state index in [0.29, 0.717) is 17.2 Å². The van der Waals surface area contributed by atoms with Gasteiger partial charge in [-0.25, -0.2) is 0 Å². The molecule has 0 aliphatic heterocycles. The summed E-state index contributed by atoms with van der Waals surface area (Å²) < 4.78 is 0. The van der Waals surface area contributed by atoms with Gasteiger partial charge in [0.15, 0.2) is 0 Å². The molecule has 0 spiro atoms. The Morgan fingerprint density at radius 3 is 2.50 bits per heavy atom. The zero-order valence-electron chi connectivity index (χ0n) is 12.7. The van der Waals surface area contributed by atoms with Crippen molar-refractivity contribution in [3.8, 4) is 0 Å². The van der Waals surface area contributed by atoms with Crippen LogP contribution in [0.15, 0.2) is 18.2 Å². The molecule has 5 nitrogen and oxygen atoms in total. The third-order valence-corrected chi connectivity index (χ3v) is 3.04. The van der Waals surface area contributed by atoms with Crippen LogP contribution < -0.4 is 11.1 Å². The van der Waals surface area contributed by atoms with Gasteiger partial charge in [0.25, 0.3) is 5.91 Å². The Kier molecular flexibility index (Phi) is 5.82. The summed E-state index contributed by atoms with van der Waals surface area (Å²) in [6, 6.07) is 5.15. The molecule has 0 aromatic heterocycles. The molecule has 4 N–H and O–H groups in total. The van der Waals surface area contributed by atoms with E-state index < -0.39 is 0 Å². The second-order valence-corrected chi connectivity index (χ2v) is 5.65. The Balaban J connectivity index is 2.85. The number of carbonyl (C=O) groups is 1. The zero-order valence-corrected chi connectivity index (χ0v) is 12.7. The predicted octanol–water partition coefficient (Wildman–Crippen LogP) is 1.79. The van der Waals surface area contributed by atoms with Crippen molar-refractivity contribution < 1.29 is 9.90 Å². The minimum absolute atomic E-state index is 0.0345. The molecule has 1 amide bonds. The van der Waals surface area contributed by atoms with E-state index >= 15 is 0 Å². The first-order valence-electron chi connectivity index (χ1n) is 6.83. The average Bonchev–Trinajstić information content (AvgIpc) is 2.38. The van der Waals surface area contributed by atoms with E-state index in [0.717, 1.165) is 12.1 Å². The maximum Gasteiger partial charge on any atom is 0.253 e. The van der Waals surface area contributed by atoms with Gasteiger partial charge < -0.3 is 21.1 Å². The first-order valence-corrected chi connectivity index (χ1v) is 6.83. The summed E-state index contributed by atoms with van der Waals surface area (Å²) in [7, 11) is 3.41. The molecule has 0 heterocycles. The summed E-state index contributed by atoms with van der Waals surface area (Å²) in [5.41, 5.74) is 7.80. The summed E-state index contributed by atoms with van der Waals surface area (Å²) in [6.45, 7) is 4.26. The molecule has 0 aliphatic carbocycles. The molecular weight excluding hydrogens is 254 g/mol. The van der Waals surface area contributed by atoms with Crippen molar-refractivity contribution in [2.75, 3.05) is 31.8 Å². The van der Waals surface area contributed by atoms with E-state index in [4.69, 9.17) is 5.73 Å². The number of hydrogen-bond acceptors (Lipinski definition) is 4. The lowest BCUT2D eigenvalue weighted by atomic mass is 10.0. The summed E-state index contributed by atoms with van der Waals surface area (Å²) in [5, 5.41) is 12.6. The van der Waals surface area contributed by atoms with Crippen LogP contribution in [0.3, 0.4) is 0 Å². The molecule has 1 aromatic rings. The first-order chi connectivity index (χ1) is 9.35. The molecule has 0 bridgehead atoms. The number of nitrogens with two attached hydrogens (primary N) is 1. The van der Waals surface area contributed by atoms with Crippen LogP contribution >= 0.6 is 0 Å². The predicted molar refractivity (Wildman–Crippen MR) is 82.8 cm³/mol. The van der Waals surface area contributed by atoms with E-state index in [1.165, 1.54) is 4.90 Å². The number of rotatable bonds is 6. The van der Waals surface area contributed by atoms with Gasteiger partial charge in [0, 0.05) is 25.7 Å². The average molecular weight is 279 g/mol. The van der Waals surface area contributed by atoms with E-state index in [9.17, 15) is 9.90 Å². The highest BCUT2D eigenvalue weighted by molar-refractivity contribution is 5.95. The van der Waals surface area contributed by atoms with Gasteiger partial charge in [0.1, 0.15) is 0 Å². The maximum atomic E-state index is 11.8. The molecule has 1 unspecified atom stereocenters. The SMILES string of the molecule is CC(C)CC(CO)Nc1ccc(C(=O)N(C)C)cc1N. The molecule has 0 saturated heterocycles. The normalized spacial score (nSPS) is 12.3. The second kappa shape index (κ2) is 7.14. The fraction of sp³-hybridized carbons (Fsp3) is 0.533. The molecule has 5 heteroatoms. The molecule has 0 fully saturated rings. The number of benzene rings is 1. The van der Waals surface area contributed by atoms with Crippen LogP contribution in [0.5, 0.6) is 0 Å². The number of carbonyl (C=O) groups excluding carboxylic acids is 1. The zero-order chi connectivity index (χ0) is 15.3. The van der Waals surface area contributed by atoms with Gasteiger partial charge in [0.05, 0.1) is 18.0 Å².